The SMILES string of the molecule is Cl.O=C(O)C1(Cl)CC1. The molecule has 1 rings (SSSR count). The van der Waals surface area contributed by atoms with Crippen LogP contribution in [0.15, 0.2) is 0 Å². The lowest BCUT2D eigenvalue weighted by atomic mass is 10.4. The van der Waals surface area contributed by atoms with Crippen LogP contribution in [0.3, 0.4) is 0 Å². The number of halogens is 2. The number of carboxylic acids is 1. The molecule has 1 aliphatic rings. The first-order chi connectivity index (χ1) is 3.15. The van der Waals surface area contributed by atoms with E-state index in [1.165, 1.54) is 0 Å². The first kappa shape index (κ1) is 8.05. The van der Waals surface area contributed by atoms with Gasteiger partial charge in [0, 0.05) is 0 Å². The van der Waals surface area contributed by atoms with E-state index in [1.807, 2.05) is 0 Å². The summed E-state index contributed by atoms with van der Waals surface area (Å²) in [6, 6.07) is 0. The molecular weight excluding hydrogens is 151 g/mol. The van der Waals surface area contributed by atoms with Gasteiger partial charge in [0.05, 0.1) is 0 Å². The lowest BCUT2D eigenvalue weighted by molar-refractivity contribution is -0.137. The number of aliphatic carboxylic acids is 1. The molecule has 8 heavy (non-hydrogen) atoms. The molecule has 0 saturated heterocycles. The quantitative estimate of drug-likeness (QED) is 0.581. The van der Waals surface area contributed by atoms with Crippen molar-refractivity contribution in [3.63, 3.8) is 0 Å². The highest BCUT2D eigenvalue weighted by Gasteiger charge is 2.48. The van der Waals surface area contributed by atoms with Gasteiger partial charge in [0.25, 0.3) is 0 Å². The van der Waals surface area contributed by atoms with Gasteiger partial charge < -0.3 is 5.11 Å². The molecule has 0 aromatic rings. The summed E-state index contributed by atoms with van der Waals surface area (Å²) in [5.41, 5.74) is 0. The van der Waals surface area contributed by atoms with Crippen molar-refractivity contribution < 1.29 is 9.90 Å². The van der Waals surface area contributed by atoms with Crippen LogP contribution < -0.4 is 0 Å². The highest BCUT2D eigenvalue weighted by Crippen LogP contribution is 2.42. The molecule has 1 aliphatic carbocycles. The molecule has 1 saturated carbocycles. The Kier molecular flexibility index (Phi) is 2.13. The Morgan fingerprint density at radius 1 is 1.62 bits per heavy atom. The highest BCUT2D eigenvalue weighted by atomic mass is 35.5. The Bertz CT molecular complexity index is 109. The zero-order valence-corrected chi connectivity index (χ0v) is 5.63. The topological polar surface area (TPSA) is 37.3 Å². The second-order valence-electron chi connectivity index (χ2n) is 1.77. The summed E-state index contributed by atoms with van der Waals surface area (Å²) in [6.07, 6.45) is 1.26. The van der Waals surface area contributed by atoms with E-state index in [1.54, 1.807) is 0 Å². The molecule has 48 valence electrons. The molecule has 0 aliphatic heterocycles. The van der Waals surface area contributed by atoms with Crippen LogP contribution in [-0.2, 0) is 4.79 Å². The number of alkyl halides is 1. The third kappa shape index (κ3) is 1.26. The van der Waals surface area contributed by atoms with Crippen molar-refractivity contribution in [2.45, 2.75) is 17.7 Å². The molecule has 0 aromatic heterocycles. The van der Waals surface area contributed by atoms with Crippen LogP contribution in [-0.4, -0.2) is 16.0 Å². The van der Waals surface area contributed by atoms with E-state index in [2.05, 4.69) is 0 Å². The highest BCUT2D eigenvalue weighted by molar-refractivity contribution is 6.35. The van der Waals surface area contributed by atoms with E-state index < -0.39 is 10.8 Å². The molecule has 0 spiro atoms. The second kappa shape index (κ2) is 2.11. The summed E-state index contributed by atoms with van der Waals surface area (Å²) < 4.78 is 0. The Morgan fingerprint density at radius 2 is 2.00 bits per heavy atom. The summed E-state index contributed by atoms with van der Waals surface area (Å²) >= 11 is 5.38. The molecule has 0 heterocycles. The van der Waals surface area contributed by atoms with Gasteiger partial charge in [-0.3, -0.25) is 4.79 Å². The van der Waals surface area contributed by atoms with Gasteiger partial charge in [0.15, 0.2) is 0 Å². The molecule has 0 radical (unpaired) electrons. The van der Waals surface area contributed by atoms with Crippen molar-refractivity contribution >= 4 is 30.0 Å². The van der Waals surface area contributed by atoms with E-state index >= 15 is 0 Å². The number of hydrogen-bond acceptors (Lipinski definition) is 1. The molecule has 1 N–H and O–H groups in total. The van der Waals surface area contributed by atoms with E-state index in [9.17, 15) is 4.79 Å². The predicted molar refractivity (Wildman–Crippen MR) is 32.7 cm³/mol. The van der Waals surface area contributed by atoms with E-state index in [4.69, 9.17) is 16.7 Å². The third-order valence-corrected chi connectivity index (χ3v) is 1.61. The molecule has 4 heteroatoms. The van der Waals surface area contributed by atoms with Gasteiger partial charge in [-0.15, -0.1) is 24.0 Å². The molecule has 1 fully saturated rings. The van der Waals surface area contributed by atoms with Crippen molar-refractivity contribution in [1.29, 1.82) is 0 Å². The van der Waals surface area contributed by atoms with Crippen LogP contribution >= 0.6 is 24.0 Å². The molecule has 0 bridgehead atoms. The first-order valence-electron chi connectivity index (χ1n) is 2.07. The van der Waals surface area contributed by atoms with Crippen LogP contribution in [0, 0.1) is 0 Å². The minimum absolute atomic E-state index is 0. The maximum absolute atomic E-state index is 9.95. The number of carbonyl (C=O) groups is 1. The molecule has 2 nitrogen and oxygen atoms in total. The summed E-state index contributed by atoms with van der Waals surface area (Å²) in [5.74, 6) is -0.880. The zero-order chi connectivity index (χ0) is 5.49. The third-order valence-electron chi connectivity index (χ3n) is 1.07. The van der Waals surface area contributed by atoms with Crippen molar-refractivity contribution in [2.24, 2.45) is 0 Å². The standard InChI is InChI=1S/C4H5ClO2.ClH/c5-4(1-2-4)3(6)7;/h1-2H2,(H,6,7);1H. The molecule has 0 unspecified atom stereocenters. The Labute approximate surface area is 58.2 Å². The number of rotatable bonds is 1. The first-order valence-corrected chi connectivity index (χ1v) is 2.45. The summed E-state index contributed by atoms with van der Waals surface area (Å²) in [4.78, 5) is 9.09. The van der Waals surface area contributed by atoms with Crippen LogP contribution in [0.4, 0.5) is 0 Å². The monoisotopic (exact) mass is 156 g/mol. The van der Waals surface area contributed by atoms with Gasteiger partial charge in [0.1, 0.15) is 4.87 Å². The zero-order valence-electron chi connectivity index (χ0n) is 4.06. The average Bonchev–Trinajstić information content (AvgIpc) is 2.21. The number of hydrogen-bond donors (Lipinski definition) is 1. The molecular formula is C4H6Cl2O2. The lowest BCUT2D eigenvalue weighted by Gasteiger charge is -1.91. The Hall–Kier alpha value is 0.0500. The summed E-state index contributed by atoms with van der Waals surface area (Å²) in [7, 11) is 0. The van der Waals surface area contributed by atoms with E-state index in [-0.39, 0.29) is 12.4 Å². The largest absolute Gasteiger partial charge is 0.480 e. The fourth-order valence-corrected chi connectivity index (χ4v) is 0.418. The van der Waals surface area contributed by atoms with Gasteiger partial charge in [-0.25, -0.2) is 0 Å². The molecule has 0 atom stereocenters. The van der Waals surface area contributed by atoms with Gasteiger partial charge in [0.2, 0.25) is 0 Å². The van der Waals surface area contributed by atoms with E-state index in [0.29, 0.717) is 12.8 Å². The van der Waals surface area contributed by atoms with Crippen LogP contribution in [0.5, 0.6) is 0 Å². The van der Waals surface area contributed by atoms with Crippen molar-refractivity contribution in [2.75, 3.05) is 0 Å². The van der Waals surface area contributed by atoms with Crippen molar-refractivity contribution in [3.8, 4) is 0 Å². The fourth-order valence-electron chi connectivity index (χ4n) is 0.324. The van der Waals surface area contributed by atoms with Crippen LogP contribution in [0.25, 0.3) is 0 Å². The average molecular weight is 157 g/mol. The van der Waals surface area contributed by atoms with Gasteiger partial charge in [-0.2, -0.15) is 0 Å². The summed E-state index contributed by atoms with van der Waals surface area (Å²) in [5, 5.41) is 8.18. The normalized spacial score (nSPS) is 21.1. The molecule has 0 aromatic carbocycles. The van der Waals surface area contributed by atoms with Crippen LogP contribution in [0.1, 0.15) is 12.8 Å². The number of carboxylic acid groups (broad SMARTS) is 1. The van der Waals surface area contributed by atoms with Crippen molar-refractivity contribution in [1.82, 2.24) is 0 Å². The Morgan fingerprint density at radius 3 is 2.00 bits per heavy atom. The van der Waals surface area contributed by atoms with Crippen LogP contribution in [0.2, 0.25) is 0 Å². The van der Waals surface area contributed by atoms with Gasteiger partial charge in [-0.05, 0) is 12.8 Å². The van der Waals surface area contributed by atoms with E-state index in [0.717, 1.165) is 0 Å². The van der Waals surface area contributed by atoms with Gasteiger partial charge >= 0.3 is 5.97 Å². The maximum atomic E-state index is 9.95. The fraction of sp³-hybridized carbons (Fsp3) is 0.750. The van der Waals surface area contributed by atoms with Gasteiger partial charge in [-0.1, -0.05) is 0 Å². The Balaban J connectivity index is 0.000000490. The van der Waals surface area contributed by atoms with Crippen molar-refractivity contribution in [3.05, 3.63) is 0 Å². The smallest absolute Gasteiger partial charge is 0.324 e. The minimum Gasteiger partial charge on any atom is -0.480 e. The maximum Gasteiger partial charge on any atom is 0.324 e. The minimum atomic E-state index is -0.880. The lowest BCUT2D eigenvalue weighted by Crippen LogP contribution is -2.12. The second-order valence-corrected chi connectivity index (χ2v) is 2.49. The molecule has 0 amide bonds. The predicted octanol–water partition coefficient (Wildman–Crippen LogP) is 1.26. The summed E-state index contributed by atoms with van der Waals surface area (Å²) in [6.45, 7) is 0.